The summed E-state index contributed by atoms with van der Waals surface area (Å²) < 4.78 is 11.0. The Kier molecular flexibility index (Phi) is 6.49. The van der Waals surface area contributed by atoms with E-state index >= 15 is 0 Å². The van der Waals surface area contributed by atoms with Gasteiger partial charge in [0.15, 0.2) is 0 Å². The number of nitriles is 1. The van der Waals surface area contributed by atoms with E-state index in [0.717, 1.165) is 83.5 Å². The van der Waals surface area contributed by atoms with E-state index in [9.17, 15) is 5.26 Å². The summed E-state index contributed by atoms with van der Waals surface area (Å²) in [6.07, 6.45) is 4.94. The number of aromatic nitrogens is 2. The Bertz CT molecular complexity index is 957. The number of rotatable bonds is 5. The van der Waals surface area contributed by atoms with Crippen LogP contribution in [0.2, 0.25) is 0 Å². The molecule has 2 aromatic heterocycles. The van der Waals surface area contributed by atoms with E-state index in [1.807, 2.05) is 0 Å². The zero-order valence-electron chi connectivity index (χ0n) is 18.4. The van der Waals surface area contributed by atoms with E-state index in [4.69, 9.17) is 14.5 Å². The van der Waals surface area contributed by atoms with Crippen LogP contribution in [0.25, 0.3) is 0 Å². The lowest BCUT2D eigenvalue weighted by molar-refractivity contribution is -0.0712. The number of nitrogens with one attached hydrogen (secondary N) is 1. The maximum absolute atomic E-state index is 9.21. The summed E-state index contributed by atoms with van der Waals surface area (Å²) in [5.41, 5.74) is 1.90. The summed E-state index contributed by atoms with van der Waals surface area (Å²) >= 11 is 0. The van der Waals surface area contributed by atoms with Crippen molar-refractivity contribution in [2.75, 3.05) is 62.8 Å². The molecule has 1 N–H and O–H groups in total. The molecule has 0 aliphatic carbocycles. The maximum Gasteiger partial charge on any atom is 0.134 e. The number of hydrogen-bond donors (Lipinski definition) is 1. The molecule has 0 atom stereocenters. The molecule has 3 fully saturated rings. The molecule has 2 aromatic rings. The number of anilines is 3. The lowest BCUT2D eigenvalue weighted by atomic mass is 9.89. The molecule has 0 unspecified atom stereocenters. The van der Waals surface area contributed by atoms with Gasteiger partial charge in [-0.3, -0.25) is 4.90 Å². The molecule has 0 spiro atoms. The van der Waals surface area contributed by atoms with Gasteiger partial charge in [0.1, 0.15) is 17.5 Å². The maximum atomic E-state index is 9.21. The van der Waals surface area contributed by atoms with E-state index in [-0.39, 0.29) is 0 Å². The van der Waals surface area contributed by atoms with Gasteiger partial charge >= 0.3 is 0 Å². The van der Waals surface area contributed by atoms with Gasteiger partial charge in [0.05, 0.1) is 37.5 Å². The van der Waals surface area contributed by atoms with Gasteiger partial charge in [0.2, 0.25) is 0 Å². The van der Waals surface area contributed by atoms with Gasteiger partial charge in [-0.15, -0.1) is 0 Å². The number of nitrogens with zero attached hydrogens (tertiary/aromatic N) is 5. The van der Waals surface area contributed by atoms with Crippen LogP contribution in [0.4, 0.5) is 17.5 Å². The standard InChI is InChI=1S/C24H30N6O2/c25-15-18-2-5-26-22(12-18)27-23-13-20(14-24(28-23)30-6-1-10-31-11-9-30)19-3-7-29(8-4-19)21-16-32-17-21/h2,5,12-14,19,21H,1,3-4,6-11,16-17H2,(H,26,27,28). The van der Waals surface area contributed by atoms with Crippen LogP contribution in [-0.2, 0) is 9.47 Å². The average molecular weight is 435 g/mol. The fourth-order valence-corrected chi connectivity index (χ4v) is 4.71. The smallest absolute Gasteiger partial charge is 0.134 e. The summed E-state index contributed by atoms with van der Waals surface area (Å²) in [5.74, 6) is 2.91. The molecule has 0 amide bonds. The Labute approximate surface area is 189 Å². The summed E-state index contributed by atoms with van der Waals surface area (Å²) in [5, 5.41) is 12.6. The zero-order chi connectivity index (χ0) is 21.8. The van der Waals surface area contributed by atoms with Gasteiger partial charge < -0.3 is 19.7 Å². The van der Waals surface area contributed by atoms with Crippen LogP contribution in [0.3, 0.4) is 0 Å². The lowest BCUT2D eigenvalue weighted by Crippen LogP contribution is -2.51. The third-order valence-corrected chi connectivity index (χ3v) is 6.66. The molecule has 8 heteroatoms. The molecule has 5 heterocycles. The Balaban J connectivity index is 1.39. The van der Waals surface area contributed by atoms with Gasteiger partial charge in [-0.1, -0.05) is 0 Å². The van der Waals surface area contributed by atoms with Crippen LogP contribution >= 0.6 is 0 Å². The molecule has 32 heavy (non-hydrogen) atoms. The van der Waals surface area contributed by atoms with E-state index < -0.39 is 0 Å². The van der Waals surface area contributed by atoms with Crippen molar-refractivity contribution in [3.63, 3.8) is 0 Å². The number of pyridine rings is 2. The quantitative estimate of drug-likeness (QED) is 0.769. The molecular formula is C24H30N6O2. The highest BCUT2D eigenvalue weighted by Crippen LogP contribution is 2.33. The second-order valence-electron chi connectivity index (χ2n) is 8.76. The number of likely N-dealkylation sites (tertiary alicyclic amines) is 1. The van der Waals surface area contributed by atoms with Crippen molar-refractivity contribution in [1.82, 2.24) is 14.9 Å². The molecule has 0 saturated carbocycles. The SMILES string of the molecule is N#Cc1ccnc(Nc2cc(C3CCN(C4COC4)CC3)cc(N3CCCOCC3)n2)c1. The Hall–Kier alpha value is -2.73. The molecule has 8 nitrogen and oxygen atoms in total. The van der Waals surface area contributed by atoms with Gasteiger partial charge in [0, 0.05) is 25.9 Å². The summed E-state index contributed by atoms with van der Waals surface area (Å²) in [6.45, 7) is 7.30. The molecule has 3 saturated heterocycles. The highest BCUT2D eigenvalue weighted by Gasteiger charge is 2.30. The molecule has 168 valence electrons. The zero-order valence-corrected chi connectivity index (χ0v) is 18.4. The first-order valence-corrected chi connectivity index (χ1v) is 11.6. The van der Waals surface area contributed by atoms with Gasteiger partial charge in [-0.25, -0.2) is 9.97 Å². The fraction of sp³-hybridized carbons (Fsp3) is 0.542. The van der Waals surface area contributed by atoms with Crippen molar-refractivity contribution in [1.29, 1.82) is 5.26 Å². The van der Waals surface area contributed by atoms with Crippen molar-refractivity contribution in [3.8, 4) is 6.07 Å². The number of piperidine rings is 1. The van der Waals surface area contributed by atoms with E-state index in [1.54, 1.807) is 18.3 Å². The van der Waals surface area contributed by atoms with Gasteiger partial charge in [0.25, 0.3) is 0 Å². The molecule has 3 aliphatic rings. The predicted molar refractivity (Wildman–Crippen MR) is 122 cm³/mol. The first kappa shape index (κ1) is 21.1. The Morgan fingerprint density at radius 1 is 1.00 bits per heavy atom. The van der Waals surface area contributed by atoms with E-state index in [2.05, 4.69) is 38.3 Å². The van der Waals surface area contributed by atoms with Crippen LogP contribution in [0.5, 0.6) is 0 Å². The normalized spacial score (nSPS) is 20.9. The molecule has 5 rings (SSSR count). The van der Waals surface area contributed by atoms with Crippen molar-refractivity contribution in [3.05, 3.63) is 41.6 Å². The molecular weight excluding hydrogens is 404 g/mol. The first-order chi connectivity index (χ1) is 15.8. The third kappa shape index (κ3) is 4.85. The largest absolute Gasteiger partial charge is 0.380 e. The van der Waals surface area contributed by atoms with Crippen molar-refractivity contribution >= 4 is 17.5 Å². The minimum Gasteiger partial charge on any atom is -0.380 e. The Morgan fingerprint density at radius 3 is 2.66 bits per heavy atom. The van der Waals surface area contributed by atoms with Crippen molar-refractivity contribution in [2.24, 2.45) is 0 Å². The van der Waals surface area contributed by atoms with E-state index in [0.29, 0.717) is 23.3 Å². The topological polar surface area (TPSA) is 86.5 Å². The molecule has 3 aliphatic heterocycles. The summed E-state index contributed by atoms with van der Waals surface area (Å²) in [6, 6.07) is 10.7. The van der Waals surface area contributed by atoms with Gasteiger partial charge in [-0.2, -0.15) is 5.26 Å². The highest BCUT2D eigenvalue weighted by atomic mass is 16.5. The number of ether oxygens (including phenoxy) is 2. The predicted octanol–water partition coefficient (Wildman–Crippen LogP) is 2.90. The fourth-order valence-electron chi connectivity index (χ4n) is 4.71. The van der Waals surface area contributed by atoms with Crippen molar-refractivity contribution < 1.29 is 9.47 Å². The second-order valence-corrected chi connectivity index (χ2v) is 8.76. The number of hydrogen-bond acceptors (Lipinski definition) is 8. The van der Waals surface area contributed by atoms with Crippen molar-refractivity contribution in [2.45, 2.75) is 31.2 Å². The van der Waals surface area contributed by atoms with E-state index in [1.165, 1.54) is 5.56 Å². The summed E-state index contributed by atoms with van der Waals surface area (Å²) in [7, 11) is 0. The van der Waals surface area contributed by atoms with Crippen LogP contribution < -0.4 is 10.2 Å². The monoisotopic (exact) mass is 434 g/mol. The second kappa shape index (κ2) is 9.82. The lowest BCUT2D eigenvalue weighted by Gasteiger charge is -2.41. The van der Waals surface area contributed by atoms with Crippen LogP contribution in [-0.4, -0.2) is 73.5 Å². The molecule has 0 radical (unpaired) electrons. The summed E-state index contributed by atoms with van der Waals surface area (Å²) in [4.78, 5) is 14.2. The average Bonchev–Trinajstić information content (AvgIpc) is 3.08. The first-order valence-electron chi connectivity index (χ1n) is 11.6. The minimum absolute atomic E-state index is 0.510. The Morgan fingerprint density at radius 2 is 1.88 bits per heavy atom. The highest BCUT2D eigenvalue weighted by molar-refractivity contribution is 5.59. The van der Waals surface area contributed by atoms with Crippen LogP contribution in [0.1, 0.15) is 36.3 Å². The molecule has 0 aromatic carbocycles. The van der Waals surface area contributed by atoms with Gasteiger partial charge in [-0.05, 0) is 68.1 Å². The van der Waals surface area contributed by atoms with Crippen LogP contribution in [0, 0.1) is 11.3 Å². The van der Waals surface area contributed by atoms with Crippen LogP contribution in [0.15, 0.2) is 30.5 Å². The third-order valence-electron chi connectivity index (χ3n) is 6.66. The molecule has 0 bridgehead atoms. The minimum atomic E-state index is 0.510.